The number of nitrogens with two attached hydrogens (primary N) is 1. The van der Waals surface area contributed by atoms with Crippen LogP contribution in [0.5, 0.6) is 0 Å². The summed E-state index contributed by atoms with van der Waals surface area (Å²) in [7, 11) is 2.13. The van der Waals surface area contributed by atoms with Crippen molar-refractivity contribution in [2.45, 2.75) is 19.5 Å². The summed E-state index contributed by atoms with van der Waals surface area (Å²) in [6, 6.07) is 19.4. The second-order valence-electron chi connectivity index (χ2n) is 5.07. The number of benzene rings is 2. The zero-order valence-electron chi connectivity index (χ0n) is 11.7. The smallest absolute Gasteiger partial charge is 0.0470 e. The summed E-state index contributed by atoms with van der Waals surface area (Å²) >= 11 is 0. The maximum absolute atomic E-state index is 5.95. The Morgan fingerprint density at radius 3 is 2.42 bits per heavy atom. The molecule has 2 heteroatoms. The van der Waals surface area contributed by atoms with Crippen LogP contribution in [0, 0.1) is 6.92 Å². The fraction of sp³-hybridized carbons (Fsp3) is 0.294. The number of rotatable bonds is 5. The van der Waals surface area contributed by atoms with Gasteiger partial charge in [-0.15, -0.1) is 0 Å². The third-order valence-electron chi connectivity index (χ3n) is 3.45. The third-order valence-corrected chi connectivity index (χ3v) is 3.45. The molecule has 1 unspecified atom stereocenters. The first-order valence-corrected chi connectivity index (χ1v) is 6.71. The van der Waals surface area contributed by atoms with Crippen LogP contribution < -0.4 is 5.73 Å². The van der Waals surface area contributed by atoms with E-state index in [4.69, 9.17) is 5.73 Å². The highest BCUT2D eigenvalue weighted by Gasteiger charge is 2.15. The molecule has 0 aliphatic carbocycles. The molecule has 1 atom stereocenters. The lowest BCUT2D eigenvalue weighted by Gasteiger charge is -2.27. The maximum atomic E-state index is 5.95. The molecule has 0 amide bonds. The zero-order chi connectivity index (χ0) is 13.7. The number of nitrogens with zero attached hydrogens (tertiary/aromatic N) is 1. The van der Waals surface area contributed by atoms with Crippen LogP contribution in [0.1, 0.15) is 22.7 Å². The van der Waals surface area contributed by atoms with Gasteiger partial charge in [0.1, 0.15) is 0 Å². The zero-order valence-corrected chi connectivity index (χ0v) is 11.7. The predicted molar refractivity (Wildman–Crippen MR) is 80.9 cm³/mol. The fourth-order valence-corrected chi connectivity index (χ4v) is 2.45. The minimum absolute atomic E-state index is 0.265. The van der Waals surface area contributed by atoms with E-state index in [2.05, 4.69) is 67.4 Å². The maximum Gasteiger partial charge on any atom is 0.0470 e. The quantitative estimate of drug-likeness (QED) is 0.888. The summed E-state index contributed by atoms with van der Waals surface area (Å²) in [4.78, 5) is 2.31. The molecule has 0 saturated carbocycles. The highest BCUT2D eigenvalue weighted by molar-refractivity contribution is 5.23. The molecule has 2 N–H and O–H groups in total. The van der Waals surface area contributed by atoms with Crippen LogP contribution in [0.25, 0.3) is 0 Å². The molecule has 0 saturated heterocycles. The van der Waals surface area contributed by atoms with E-state index in [0.717, 1.165) is 6.54 Å². The molecular weight excluding hydrogens is 232 g/mol. The van der Waals surface area contributed by atoms with Gasteiger partial charge in [0.25, 0.3) is 0 Å². The minimum Gasteiger partial charge on any atom is -0.329 e. The standard InChI is InChI=1S/C17H22N2/c1-14-7-6-8-15(11-14)13-19(2)17(12-18)16-9-4-3-5-10-16/h3-11,17H,12-13,18H2,1-2H3. The van der Waals surface area contributed by atoms with Crippen molar-refractivity contribution in [1.29, 1.82) is 0 Å². The van der Waals surface area contributed by atoms with Gasteiger partial charge in [-0.1, -0.05) is 60.2 Å². The molecule has 0 spiro atoms. The molecule has 0 heterocycles. The van der Waals surface area contributed by atoms with Gasteiger partial charge in [-0.2, -0.15) is 0 Å². The summed E-state index contributed by atoms with van der Waals surface area (Å²) in [5, 5.41) is 0. The average molecular weight is 254 g/mol. The Kier molecular flexibility index (Phi) is 4.72. The van der Waals surface area contributed by atoms with Gasteiger partial charge in [-0.3, -0.25) is 4.90 Å². The average Bonchev–Trinajstić information content (AvgIpc) is 2.41. The summed E-state index contributed by atoms with van der Waals surface area (Å²) in [6.07, 6.45) is 0. The van der Waals surface area contributed by atoms with Gasteiger partial charge in [0.15, 0.2) is 0 Å². The van der Waals surface area contributed by atoms with Crippen molar-refractivity contribution >= 4 is 0 Å². The summed E-state index contributed by atoms with van der Waals surface area (Å²) < 4.78 is 0. The van der Waals surface area contributed by atoms with Gasteiger partial charge in [0, 0.05) is 19.1 Å². The molecule has 0 radical (unpaired) electrons. The van der Waals surface area contributed by atoms with E-state index in [-0.39, 0.29) is 6.04 Å². The normalized spacial score (nSPS) is 12.6. The molecule has 0 aliphatic rings. The first-order chi connectivity index (χ1) is 9.20. The van der Waals surface area contributed by atoms with Gasteiger partial charge in [-0.25, -0.2) is 0 Å². The molecule has 0 bridgehead atoms. The highest BCUT2D eigenvalue weighted by atomic mass is 15.1. The van der Waals surface area contributed by atoms with Gasteiger partial charge in [0.05, 0.1) is 0 Å². The first-order valence-electron chi connectivity index (χ1n) is 6.71. The number of hydrogen-bond donors (Lipinski definition) is 1. The van der Waals surface area contributed by atoms with E-state index in [0.29, 0.717) is 6.54 Å². The van der Waals surface area contributed by atoms with Gasteiger partial charge >= 0.3 is 0 Å². The molecule has 0 fully saturated rings. The minimum atomic E-state index is 0.265. The van der Waals surface area contributed by atoms with Crippen LogP contribution in [-0.4, -0.2) is 18.5 Å². The largest absolute Gasteiger partial charge is 0.329 e. The van der Waals surface area contributed by atoms with Crippen molar-refractivity contribution < 1.29 is 0 Å². The Morgan fingerprint density at radius 1 is 1.05 bits per heavy atom. The van der Waals surface area contributed by atoms with Crippen LogP contribution >= 0.6 is 0 Å². The van der Waals surface area contributed by atoms with E-state index in [9.17, 15) is 0 Å². The Hall–Kier alpha value is -1.64. The molecule has 100 valence electrons. The Morgan fingerprint density at radius 2 is 1.79 bits per heavy atom. The highest BCUT2D eigenvalue weighted by Crippen LogP contribution is 2.20. The van der Waals surface area contributed by atoms with Gasteiger partial charge in [0.2, 0.25) is 0 Å². The van der Waals surface area contributed by atoms with E-state index < -0.39 is 0 Å². The lowest BCUT2D eigenvalue weighted by Crippen LogP contribution is -2.30. The molecular formula is C17H22N2. The Labute approximate surface area is 115 Å². The van der Waals surface area contributed by atoms with Crippen molar-refractivity contribution in [3.05, 3.63) is 71.3 Å². The van der Waals surface area contributed by atoms with Gasteiger partial charge < -0.3 is 5.73 Å². The summed E-state index contributed by atoms with van der Waals surface area (Å²) in [5.41, 5.74) is 9.86. The van der Waals surface area contributed by atoms with Crippen molar-refractivity contribution in [1.82, 2.24) is 4.90 Å². The van der Waals surface area contributed by atoms with Crippen LogP contribution in [0.3, 0.4) is 0 Å². The van der Waals surface area contributed by atoms with Crippen molar-refractivity contribution in [3.63, 3.8) is 0 Å². The molecule has 2 rings (SSSR count). The van der Waals surface area contributed by atoms with Crippen molar-refractivity contribution in [3.8, 4) is 0 Å². The Balaban J connectivity index is 2.11. The number of likely N-dealkylation sites (N-methyl/N-ethyl adjacent to an activating group) is 1. The first kappa shape index (κ1) is 13.8. The molecule has 0 aliphatic heterocycles. The number of aryl methyl sites for hydroxylation is 1. The molecule has 2 nitrogen and oxygen atoms in total. The van der Waals surface area contributed by atoms with Gasteiger partial charge in [-0.05, 0) is 25.1 Å². The fourth-order valence-electron chi connectivity index (χ4n) is 2.45. The molecule has 2 aromatic carbocycles. The van der Waals surface area contributed by atoms with Crippen molar-refractivity contribution in [2.24, 2.45) is 5.73 Å². The topological polar surface area (TPSA) is 29.3 Å². The lowest BCUT2D eigenvalue weighted by molar-refractivity contribution is 0.242. The number of hydrogen-bond acceptors (Lipinski definition) is 2. The monoisotopic (exact) mass is 254 g/mol. The summed E-state index contributed by atoms with van der Waals surface area (Å²) in [6.45, 7) is 3.67. The van der Waals surface area contributed by atoms with Crippen LogP contribution in [0.2, 0.25) is 0 Å². The third kappa shape index (κ3) is 3.66. The van der Waals surface area contributed by atoms with Crippen LogP contribution in [-0.2, 0) is 6.54 Å². The van der Waals surface area contributed by atoms with E-state index in [1.807, 2.05) is 6.07 Å². The van der Waals surface area contributed by atoms with Crippen LogP contribution in [0.15, 0.2) is 54.6 Å². The van der Waals surface area contributed by atoms with Crippen LogP contribution in [0.4, 0.5) is 0 Å². The molecule has 19 heavy (non-hydrogen) atoms. The van der Waals surface area contributed by atoms with E-state index in [1.165, 1.54) is 16.7 Å². The lowest BCUT2D eigenvalue weighted by atomic mass is 10.0. The second-order valence-corrected chi connectivity index (χ2v) is 5.07. The predicted octanol–water partition coefficient (Wildman–Crippen LogP) is 3.13. The molecule has 2 aromatic rings. The van der Waals surface area contributed by atoms with E-state index in [1.54, 1.807) is 0 Å². The van der Waals surface area contributed by atoms with Crippen molar-refractivity contribution in [2.75, 3.05) is 13.6 Å². The second kappa shape index (κ2) is 6.50. The molecule has 0 aromatic heterocycles. The Bertz CT molecular complexity index is 508. The summed E-state index contributed by atoms with van der Waals surface area (Å²) in [5.74, 6) is 0. The van der Waals surface area contributed by atoms with E-state index >= 15 is 0 Å². The SMILES string of the molecule is Cc1cccc(CN(C)C(CN)c2ccccc2)c1.